The second-order valence-electron chi connectivity index (χ2n) is 5.63. The quantitative estimate of drug-likeness (QED) is 0.402. The fourth-order valence-corrected chi connectivity index (χ4v) is 2.53. The van der Waals surface area contributed by atoms with E-state index in [2.05, 4.69) is 13.2 Å². The van der Waals surface area contributed by atoms with Crippen LogP contribution in [0.15, 0.2) is 49.6 Å². The van der Waals surface area contributed by atoms with Crippen molar-refractivity contribution in [2.24, 2.45) is 0 Å². The molecule has 1 aliphatic heterocycles. The summed E-state index contributed by atoms with van der Waals surface area (Å²) >= 11 is 0. The number of ether oxygens (including phenoxy) is 1. The van der Waals surface area contributed by atoms with Gasteiger partial charge < -0.3 is 9.64 Å². The Morgan fingerprint density at radius 3 is 2.31 bits per heavy atom. The summed E-state index contributed by atoms with van der Waals surface area (Å²) in [4.78, 5) is 50.4. The molecule has 1 heterocycles. The zero-order valence-corrected chi connectivity index (χ0v) is 14.3. The van der Waals surface area contributed by atoms with E-state index in [4.69, 9.17) is 4.74 Å². The van der Waals surface area contributed by atoms with Crippen molar-refractivity contribution < 1.29 is 23.9 Å². The Balaban J connectivity index is 2.03. The molecule has 7 nitrogen and oxygen atoms in total. The minimum Gasteiger partial charge on any atom is -0.452 e. The minimum atomic E-state index is -0.712. The van der Waals surface area contributed by atoms with E-state index in [0.717, 1.165) is 4.90 Å². The van der Waals surface area contributed by atoms with Crippen molar-refractivity contribution in [1.82, 2.24) is 4.90 Å². The highest BCUT2D eigenvalue weighted by Crippen LogP contribution is 2.23. The molecule has 0 aliphatic carbocycles. The molecule has 3 amide bonds. The van der Waals surface area contributed by atoms with Crippen LogP contribution >= 0.6 is 0 Å². The summed E-state index contributed by atoms with van der Waals surface area (Å²) < 4.78 is 5.05. The van der Waals surface area contributed by atoms with Crippen LogP contribution in [0, 0.1) is 0 Å². The van der Waals surface area contributed by atoms with Gasteiger partial charge in [0.25, 0.3) is 5.91 Å². The highest BCUT2D eigenvalue weighted by Gasteiger charge is 2.30. The first-order valence-electron chi connectivity index (χ1n) is 8.10. The van der Waals surface area contributed by atoms with Gasteiger partial charge in [0.2, 0.25) is 11.8 Å². The second-order valence-corrected chi connectivity index (χ2v) is 5.63. The monoisotopic (exact) mass is 356 g/mol. The Morgan fingerprint density at radius 2 is 1.73 bits per heavy atom. The maximum Gasteiger partial charge on any atom is 0.338 e. The van der Waals surface area contributed by atoms with Gasteiger partial charge in [0.1, 0.15) is 0 Å². The molecule has 0 radical (unpaired) electrons. The van der Waals surface area contributed by atoms with Crippen LogP contribution in [0.5, 0.6) is 0 Å². The van der Waals surface area contributed by atoms with Crippen LogP contribution in [0.3, 0.4) is 0 Å². The number of hydrogen-bond acceptors (Lipinski definition) is 5. The number of anilines is 1. The van der Waals surface area contributed by atoms with Crippen molar-refractivity contribution in [3.63, 3.8) is 0 Å². The standard InChI is InChI=1S/C19H20N2O5/c1-3-10-20(11-4-2)18(24)13-26-19(25)14-6-5-7-15(12-14)21-16(22)8-9-17(21)23/h3-7,12H,1-2,8-11,13H2. The Bertz CT molecular complexity index is 730. The molecule has 2 rings (SSSR count). The largest absolute Gasteiger partial charge is 0.452 e. The third kappa shape index (κ3) is 4.44. The van der Waals surface area contributed by atoms with Crippen molar-refractivity contribution in [1.29, 1.82) is 0 Å². The molecule has 1 aromatic rings. The highest BCUT2D eigenvalue weighted by molar-refractivity contribution is 6.20. The van der Waals surface area contributed by atoms with Gasteiger partial charge >= 0.3 is 5.97 Å². The summed E-state index contributed by atoms with van der Waals surface area (Å²) in [5.74, 6) is -1.70. The van der Waals surface area contributed by atoms with E-state index >= 15 is 0 Å². The van der Waals surface area contributed by atoms with Gasteiger partial charge in [-0.05, 0) is 18.2 Å². The number of hydrogen-bond donors (Lipinski definition) is 0. The fourth-order valence-electron chi connectivity index (χ4n) is 2.53. The molecule has 1 fully saturated rings. The summed E-state index contributed by atoms with van der Waals surface area (Å²) in [5, 5.41) is 0. The summed E-state index contributed by atoms with van der Waals surface area (Å²) in [7, 11) is 0. The molecule has 0 aromatic heterocycles. The van der Waals surface area contributed by atoms with Gasteiger partial charge in [0, 0.05) is 25.9 Å². The number of rotatable bonds is 8. The van der Waals surface area contributed by atoms with Gasteiger partial charge in [0.05, 0.1) is 11.3 Å². The molecule has 26 heavy (non-hydrogen) atoms. The molecule has 1 aliphatic rings. The Labute approximate surface area is 151 Å². The second kappa shape index (κ2) is 8.75. The van der Waals surface area contributed by atoms with E-state index in [9.17, 15) is 19.2 Å². The van der Waals surface area contributed by atoms with Gasteiger partial charge in [-0.15, -0.1) is 13.2 Å². The van der Waals surface area contributed by atoms with E-state index in [-0.39, 0.29) is 36.1 Å². The summed E-state index contributed by atoms with van der Waals surface area (Å²) in [5.41, 5.74) is 0.472. The molecule has 0 atom stereocenters. The maximum absolute atomic E-state index is 12.2. The molecule has 0 spiro atoms. The van der Waals surface area contributed by atoms with Crippen molar-refractivity contribution >= 4 is 29.4 Å². The lowest BCUT2D eigenvalue weighted by Crippen LogP contribution is -2.35. The first-order chi connectivity index (χ1) is 12.5. The smallest absolute Gasteiger partial charge is 0.338 e. The van der Waals surface area contributed by atoms with Crippen molar-refractivity contribution in [3.05, 3.63) is 55.1 Å². The normalized spacial score (nSPS) is 13.5. The highest BCUT2D eigenvalue weighted by atomic mass is 16.5. The average molecular weight is 356 g/mol. The molecule has 0 bridgehead atoms. The number of amides is 3. The number of esters is 1. The Hall–Kier alpha value is -3.22. The van der Waals surface area contributed by atoms with Gasteiger partial charge in [-0.25, -0.2) is 4.79 Å². The predicted molar refractivity (Wildman–Crippen MR) is 95.4 cm³/mol. The van der Waals surface area contributed by atoms with Gasteiger partial charge in [0.15, 0.2) is 6.61 Å². The van der Waals surface area contributed by atoms with Crippen LogP contribution in [0.2, 0.25) is 0 Å². The topological polar surface area (TPSA) is 84.0 Å². The zero-order valence-electron chi connectivity index (χ0n) is 14.3. The van der Waals surface area contributed by atoms with Crippen LogP contribution < -0.4 is 4.90 Å². The summed E-state index contributed by atoms with van der Waals surface area (Å²) in [6.45, 7) is 7.35. The predicted octanol–water partition coefficient (Wildman–Crippen LogP) is 1.70. The first-order valence-corrected chi connectivity index (χ1v) is 8.10. The minimum absolute atomic E-state index is 0.154. The third-order valence-electron chi connectivity index (χ3n) is 3.77. The first kappa shape index (κ1) is 19.1. The average Bonchev–Trinajstić information content (AvgIpc) is 2.97. The van der Waals surface area contributed by atoms with Crippen LogP contribution in [0.25, 0.3) is 0 Å². The number of nitrogens with zero attached hydrogens (tertiary/aromatic N) is 2. The maximum atomic E-state index is 12.2. The van der Waals surface area contributed by atoms with Crippen LogP contribution in [-0.2, 0) is 19.1 Å². The van der Waals surface area contributed by atoms with E-state index in [1.807, 2.05) is 0 Å². The molecule has 0 saturated carbocycles. The van der Waals surface area contributed by atoms with E-state index in [1.54, 1.807) is 24.3 Å². The Kier molecular flexibility index (Phi) is 6.43. The fraction of sp³-hybridized carbons (Fsp3) is 0.263. The lowest BCUT2D eigenvalue weighted by atomic mass is 10.2. The molecule has 1 saturated heterocycles. The van der Waals surface area contributed by atoms with Crippen LogP contribution in [0.1, 0.15) is 23.2 Å². The van der Waals surface area contributed by atoms with E-state index in [1.165, 1.54) is 17.0 Å². The number of imide groups is 1. The lowest BCUT2D eigenvalue weighted by Gasteiger charge is -2.19. The number of carbonyl (C=O) groups is 4. The van der Waals surface area contributed by atoms with Crippen molar-refractivity contribution in [2.45, 2.75) is 12.8 Å². The lowest BCUT2D eigenvalue weighted by molar-refractivity contribution is -0.133. The molecular formula is C19H20N2O5. The number of carbonyl (C=O) groups excluding carboxylic acids is 4. The van der Waals surface area contributed by atoms with Crippen LogP contribution in [-0.4, -0.2) is 48.3 Å². The van der Waals surface area contributed by atoms with Crippen LogP contribution in [0.4, 0.5) is 5.69 Å². The molecule has 0 unspecified atom stereocenters. The van der Waals surface area contributed by atoms with Gasteiger partial charge in [-0.3, -0.25) is 19.3 Å². The Morgan fingerprint density at radius 1 is 1.12 bits per heavy atom. The van der Waals surface area contributed by atoms with Gasteiger partial charge in [-0.2, -0.15) is 0 Å². The number of benzene rings is 1. The molecule has 7 heteroatoms. The summed E-state index contributed by atoms with van der Waals surface area (Å²) in [6, 6.07) is 6.01. The molecule has 136 valence electrons. The van der Waals surface area contributed by atoms with E-state index < -0.39 is 12.6 Å². The van der Waals surface area contributed by atoms with Gasteiger partial charge in [-0.1, -0.05) is 18.2 Å². The van der Waals surface area contributed by atoms with Crippen molar-refractivity contribution in [2.75, 3.05) is 24.6 Å². The third-order valence-corrected chi connectivity index (χ3v) is 3.77. The molecule has 1 aromatic carbocycles. The summed E-state index contributed by atoms with van der Waals surface area (Å²) in [6.07, 6.45) is 3.45. The molecule has 0 N–H and O–H groups in total. The SMILES string of the molecule is C=CCN(CC=C)C(=O)COC(=O)c1cccc(N2C(=O)CCC2=O)c1. The molecular weight excluding hydrogens is 336 g/mol. The van der Waals surface area contributed by atoms with Crippen molar-refractivity contribution in [3.8, 4) is 0 Å². The van der Waals surface area contributed by atoms with E-state index in [0.29, 0.717) is 18.8 Å². The zero-order chi connectivity index (χ0) is 19.1.